The Kier molecular flexibility index (Phi) is 3.85. The van der Waals surface area contributed by atoms with E-state index in [0.29, 0.717) is 12.6 Å². The van der Waals surface area contributed by atoms with Crippen LogP contribution in [0.15, 0.2) is 40.3 Å². The largest absolute Gasteiger partial charge is 0.463 e. The Bertz CT molecular complexity index is 506. The number of hydrogen-bond donors (Lipinski definition) is 0. The van der Waals surface area contributed by atoms with Crippen LogP contribution in [-0.4, -0.2) is 55.1 Å². The van der Waals surface area contributed by atoms with E-state index in [9.17, 15) is 0 Å². The van der Waals surface area contributed by atoms with Crippen LogP contribution >= 0.6 is 0 Å². The Morgan fingerprint density at radius 2 is 1.85 bits per heavy atom. The molecule has 0 spiro atoms. The van der Waals surface area contributed by atoms with Crippen LogP contribution in [0.3, 0.4) is 0 Å². The SMILES string of the molecule is CN1CCO/C1=N/C(=N/c1ccccc1)N1CCCC1. The fourth-order valence-electron chi connectivity index (χ4n) is 2.38. The number of hydrogen-bond acceptors (Lipinski definition) is 2. The molecule has 5 heteroatoms. The number of ether oxygens (including phenoxy) is 1. The molecule has 0 amide bonds. The van der Waals surface area contributed by atoms with Crippen LogP contribution < -0.4 is 0 Å². The van der Waals surface area contributed by atoms with Crippen molar-refractivity contribution in [3.05, 3.63) is 30.3 Å². The van der Waals surface area contributed by atoms with Gasteiger partial charge in [-0.3, -0.25) is 0 Å². The topological polar surface area (TPSA) is 40.4 Å². The van der Waals surface area contributed by atoms with E-state index in [-0.39, 0.29) is 0 Å². The fourth-order valence-corrected chi connectivity index (χ4v) is 2.38. The summed E-state index contributed by atoms with van der Waals surface area (Å²) in [5.41, 5.74) is 0.930. The lowest BCUT2D eigenvalue weighted by Gasteiger charge is -2.17. The van der Waals surface area contributed by atoms with E-state index in [1.807, 2.05) is 42.3 Å². The summed E-state index contributed by atoms with van der Waals surface area (Å²) in [6.07, 6.45) is 2.41. The number of rotatable bonds is 1. The van der Waals surface area contributed by atoms with Crippen molar-refractivity contribution in [2.75, 3.05) is 33.3 Å². The molecule has 5 nitrogen and oxygen atoms in total. The van der Waals surface area contributed by atoms with Gasteiger partial charge in [0.1, 0.15) is 6.61 Å². The van der Waals surface area contributed by atoms with Crippen molar-refractivity contribution in [2.24, 2.45) is 9.98 Å². The first kappa shape index (κ1) is 13.0. The highest BCUT2D eigenvalue weighted by Crippen LogP contribution is 2.16. The molecule has 0 saturated carbocycles. The zero-order valence-electron chi connectivity index (χ0n) is 11.8. The number of para-hydroxylation sites is 1. The summed E-state index contributed by atoms with van der Waals surface area (Å²) in [5.74, 6) is 0.762. The Morgan fingerprint density at radius 1 is 1.10 bits per heavy atom. The maximum Gasteiger partial charge on any atom is 0.295 e. The number of likely N-dealkylation sites (N-methyl/N-ethyl adjacent to an activating group) is 1. The maximum absolute atomic E-state index is 5.56. The van der Waals surface area contributed by atoms with Gasteiger partial charge in [0.25, 0.3) is 6.02 Å². The number of guanidine groups is 1. The van der Waals surface area contributed by atoms with E-state index in [1.165, 1.54) is 12.8 Å². The third-order valence-corrected chi connectivity index (χ3v) is 3.55. The first-order chi connectivity index (χ1) is 9.83. The molecule has 2 saturated heterocycles. The third kappa shape index (κ3) is 2.92. The lowest BCUT2D eigenvalue weighted by atomic mass is 10.3. The van der Waals surface area contributed by atoms with Crippen molar-refractivity contribution in [1.29, 1.82) is 0 Å². The van der Waals surface area contributed by atoms with E-state index < -0.39 is 0 Å². The van der Waals surface area contributed by atoms with Crippen molar-refractivity contribution < 1.29 is 4.74 Å². The van der Waals surface area contributed by atoms with Crippen LogP contribution in [0, 0.1) is 0 Å². The smallest absolute Gasteiger partial charge is 0.295 e. The third-order valence-electron chi connectivity index (χ3n) is 3.55. The van der Waals surface area contributed by atoms with Crippen LogP contribution in [0.4, 0.5) is 5.69 Å². The second-order valence-electron chi connectivity index (χ2n) is 5.11. The molecule has 2 heterocycles. The number of nitrogens with zero attached hydrogens (tertiary/aromatic N) is 4. The van der Waals surface area contributed by atoms with Gasteiger partial charge in [0.15, 0.2) is 0 Å². The summed E-state index contributed by atoms with van der Waals surface area (Å²) in [6.45, 7) is 3.63. The van der Waals surface area contributed by atoms with Gasteiger partial charge in [-0.05, 0) is 25.0 Å². The highest BCUT2D eigenvalue weighted by Gasteiger charge is 2.21. The van der Waals surface area contributed by atoms with Gasteiger partial charge in [0.05, 0.1) is 12.2 Å². The van der Waals surface area contributed by atoms with Crippen LogP contribution in [0.25, 0.3) is 0 Å². The molecular formula is C15H20N4O. The minimum atomic E-state index is 0.673. The molecule has 2 fully saturated rings. The van der Waals surface area contributed by atoms with Gasteiger partial charge in [-0.1, -0.05) is 18.2 Å². The van der Waals surface area contributed by atoms with E-state index >= 15 is 0 Å². The number of amidine groups is 1. The molecular weight excluding hydrogens is 252 g/mol. The van der Waals surface area contributed by atoms with E-state index in [0.717, 1.165) is 31.3 Å². The monoisotopic (exact) mass is 272 g/mol. The maximum atomic E-state index is 5.56. The lowest BCUT2D eigenvalue weighted by Crippen LogP contribution is -2.29. The molecule has 0 N–H and O–H groups in total. The number of benzene rings is 1. The lowest BCUT2D eigenvalue weighted by molar-refractivity contribution is 0.351. The fraction of sp³-hybridized carbons (Fsp3) is 0.467. The summed E-state index contributed by atoms with van der Waals surface area (Å²) in [5, 5.41) is 0. The highest BCUT2D eigenvalue weighted by molar-refractivity contribution is 5.94. The van der Waals surface area contributed by atoms with Crippen molar-refractivity contribution in [2.45, 2.75) is 12.8 Å². The minimum absolute atomic E-state index is 0.673. The van der Waals surface area contributed by atoms with Gasteiger partial charge in [-0.2, -0.15) is 4.99 Å². The predicted molar refractivity (Wildman–Crippen MR) is 80.4 cm³/mol. The Morgan fingerprint density at radius 3 is 2.50 bits per heavy atom. The normalized spacial score (nSPS) is 21.6. The molecule has 2 aliphatic heterocycles. The second-order valence-corrected chi connectivity index (χ2v) is 5.11. The van der Waals surface area contributed by atoms with Crippen LogP contribution in [0.5, 0.6) is 0 Å². The van der Waals surface area contributed by atoms with Crippen molar-refractivity contribution in [3.63, 3.8) is 0 Å². The number of aliphatic imine (C=N–C) groups is 2. The van der Waals surface area contributed by atoms with Gasteiger partial charge in [-0.15, -0.1) is 0 Å². The Labute approximate surface area is 119 Å². The molecule has 1 aromatic rings. The zero-order valence-corrected chi connectivity index (χ0v) is 11.8. The number of likely N-dealkylation sites (tertiary alicyclic amines) is 1. The molecule has 0 radical (unpaired) electrons. The molecule has 0 aliphatic carbocycles. The summed E-state index contributed by atoms with van der Waals surface area (Å²) in [6, 6.07) is 10.6. The first-order valence-corrected chi connectivity index (χ1v) is 7.14. The van der Waals surface area contributed by atoms with Gasteiger partial charge < -0.3 is 14.5 Å². The second kappa shape index (κ2) is 5.94. The van der Waals surface area contributed by atoms with Gasteiger partial charge in [-0.25, -0.2) is 4.99 Å². The van der Waals surface area contributed by atoms with Crippen molar-refractivity contribution in [3.8, 4) is 0 Å². The van der Waals surface area contributed by atoms with Crippen molar-refractivity contribution in [1.82, 2.24) is 9.80 Å². The van der Waals surface area contributed by atoms with E-state index in [1.54, 1.807) is 0 Å². The predicted octanol–water partition coefficient (Wildman–Crippen LogP) is 2.09. The van der Waals surface area contributed by atoms with Crippen LogP contribution in [-0.2, 0) is 4.74 Å². The van der Waals surface area contributed by atoms with Gasteiger partial charge in [0.2, 0.25) is 5.96 Å². The molecule has 0 atom stereocenters. The summed E-state index contributed by atoms with van der Waals surface area (Å²) < 4.78 is 5.56. The summed E-state index contributed by atoms with van der Waals surface area (Å²) in [4.78, 5) is 13.6. The molecule has 0 bridgehead atoms. The Hall–Kier alpha value is -2.04. The van der Waals surface area contributed by atoms with E-state index in [2.05, 4.69) is 14.9 Å². The quantitative estimate of drug-likeness (QED) is 0.580. The molecule has 0 unspecified atom stereocenters. The first-order valence-electron chi connectivity index (χ1n) is 7.14. The average Bonchev–Trinajstić information content (AvgIpc) is 3.12. The van der Waals surface area contributed by atoms with Crippen LogP contribution in [0.1, 0.15) is 12.8 Å². The van der Waals surface area contributed by atoms with Gasteiger partial charge in [0, 0.05) is 20.1 Å². The minimum Gasteiger partial charge on any atom is -0.463 e. The summed E-state index contributed by atoms with van der Waals surface area (Å²) >= 11 is 0. The van der Waals surface area contributed by atoms with Crippen LogP contribution in [0.2, 0.25) is 0 Å². The highest BCUT2D eigenvalue weighted by atomic mass is 16.5. The van der Waals surface area contributed by atoms with Crippen molar-refractivity contribution >= 4 is 17.7 Å². The molecule has 106 valence electrons. The van der Waals surface area contributed by atoms with Gasteiger partial charge >= 0.3 is 0 Å². The Balaban J connectivity index is 1.89. The molecule has 3 rings (SSSR count). The molecule has 20 heavy (non-hydrogen) atoms. The zero-order chi connectivity index (χ0) is 13.8. The van der Waals surface area contributed by atoms with E-state index in [4.69, 9.17) is 4.74 Å². The molecule has 1 aromatic carbocycles. The molecule has 0 aromatic heterocycles. The molecule has 2 aliphatic rings. The standard InChI is InChI=1S/C15H20N4O/c1-18-11-12-20-15(18)17-14(19-9-5-6-10-19)16-13-7-3-2-4-8-13/h2-4,7-8H,5-6,9-12H2,1H3/b16-14-,17-15+. The average molecular weight is 272 g/mol. The summed E-state index contributed by atoms with van der Waals surface area (Å²) in [7, 11) is 2.00.